The maximum atomic E-state index is 12.1. The Bertz CT molecular complexity index is 738. The summed E-state index contributed by atoms with van der Waals surface area (Å²) in [5, 5.41) is 0. The van der Waals surface area contributed by atoms with E-state index in [0.717, 1.165) is 34.7 Å². The summed E-state index contributed by atoms with van der Waals surface area (Å²) < 4.78 is 7.91. The number of hydrogen-bond acceptors (Lipinski definition) is 4. The van der Waals surface area contributed by atoms with Gasteiger partial charge in [-0.2, -0.15) is 0 Å². The number of thioether (sulfide) groups is 1. The van der Waals surface area contributed by atoms with Gasteiger partial charge in [-0.25, -0.2) is 4.79 Å². The molecular weight excluding hydrogens is 304 g/mol. The topological polar surface area (TPSA) is 47.0 Å². The van der Waals surface area contributed by atoms with Crippen LogP contribution in [0.1, 0.15) is 17.7 Å². The minimum atomic E-state index is -0.186. The molecule has 2 heterocycles. The predicted molar refractivity (Wildman–Crippen MR) is 86.2 cm³/mol. The number of aromatic nitrogens is 2. The number of aromatic amines is 1. The van der Waals surface area contributed by atoms with Crippen LogP contribution < -0.4 is 5.69 Å². The molecule has 1 aromatic heterocycles. The Morgan fingerprint density at radius 1 is 1.33 bits per heavy atom. The lowest BCUT2D eigenvalue weighted by atomic mass is 10.2. The van der Waals surface area contributed by atoms with Crippen molar-refractivity contribution in [2.75, 3.05) is 5.75 Å². The Balaban J connectivity index is 1.79. The Kier molecular flexibility index (Phi) is 4.57. The van der Waals surface area contributed by atoms with Crippen LogP contribution in [0.15, 0.2) is 40.0 Å². The van der Waals surface area contributed by atoms with Gasteiger partial charge in [0.25, 0.3) is 0 Å². The number of nitrogens with zero attached hydrogens (tertiary/aromatic N) is 1. The van der Waals surface area contributed by atoms with Gasteiger partial charge in [-0.05, 0) is 24.2 Å². The van der Waals surface area contributed by atoms with E-state index < -0.39 is 0 Å². The molecule has 0 atom stereocenters. The highest BCUT2D eigenvalue weighted by Crippen LogP contribution is 2.29. The van der Waals surface area contributed by atoms with Gasteiger partial charge in [0.15, 0.2) is 0 Å². The van der Waals surface area contributed by atoms with Gasteiger partial charge < -0.3 is 4.74 Å². The first kappa shape index (κ1) is 14.6. The summed E-state index contributed by atoms with van der Waals surface area (Å²) in [4.78, 5) is 15.9. The molecule has 110 valence electrons. The fourth-order valence-electron chi connectivity index (χ4n) is 2.37. The first-order chi connectivity index (χ1) is 10.3. The molecule has 0 saturated carbocycles. The third-order valence-corrected chi connectivity index (χ3v) is 5.05. The number of H-pyrrole nitrogens is 1. The van der Waals surface area contributed by atoms with Crippen molar-refractivity contribution in [3.8, 4) is 0 Å². The number of hydrogen-bond donors (Lipinski definition) is 1. The van der Waals surface area contributed by atoms with Gasteiger partial charge in [0.2, 0.25) is 0 Å². The van der Waals surface area contributed by atoms with E-state index >= 15 is 0 Å². The Labute approximate surface area is 132 Å². The first-order valence-electron chi connectivity index (χ1n) is 6.86. The van der Waals surface area contributed by atoms with Crippen LogP contribution >= 0.6 is 24.0 Å². The molecule has 2 aromatic rings. The quantitative estimate of drug-likeness (QED) is 0.879. The highest BCUT2D eigenvalue weighted by atomic mass is 32.2. The number of ether oxygens (including phenoxy) is 1. The van der Waals surface area contributed by atoms with Crippen molar-refractivity contribution < 1.29 is 4.74 Å². The van der Waals surface area contributed by atoms with E-state index in [1.54, 1.807) is 16.3 Å². The lowest BCUT2D eigenvalue weighted by Gasteiger charge is -2.20. The van der Waals surface area contributed by atoms with Crippen molar-refractivity contribution in [3.63, 3.8) is 0 Å². The predicted octanol–water partition coefficient (Wildman–Crippen LogP) is 3.12. The maximum absolute atomic E-state index is 12.1. The number of fused-ring (bicyclic) bond motifs is 1. The van der Waals surface area contributed by atoms with E-state index in [2.05, 4.69) is 4.98 Å². The van der Waals surface area contributed by atoms with Crippen molar-refractivity contribution in [2.24, 2.45) is 0 Å². The largest absolute Gasteiger partial charge is 0.356 e. The van der Waals surface area contributed by atoms with E-state index in [1.807, 2.05) is 30.3 Å². The summed E-state index contributed by atoms with van der Waals surface area (Å²) in [6.07, 6.45) is 1.94. The molecule has 0 unspecified atom stereocenters. The molecule has 1 aromatic carbocycles. The van der Waals surface area contributed by atoms with Crippen LogP contribution in [0.3, 0.4) is 0 Å². The second kappa shape index (κ2) is 6.60. The molecule has 1 aliphatic heterocycles. The molecule has 0 bridgehead atoms. The first-order valence-corrected chi connectivity index (χ1v) is 8.25. The molecule has 0 saturated heterocycles. The Morgan fingerprint density at radius 2 is 2.14 bits per heavy atom. The zero-order chi connectivity index (χ0) is 14.7. The summed E-state index contributed by atoms with van der Waals surface area (Å²) in [6, 6.07) is 9.93. The summed E-state index contributed by atoms with van der Waals surface area (Å²) in [7, 11) is 0. The number of benzene rings is 1. The molecule has 1 aliphatic rings. The molecule has 3 rings (SSSR count). The zero-order valence-corrected chi connectivity index (χ0v) is 13.1. The van der Waals surface area contributed by atoms with E-state index in [9.17, 15) is 4.79 Å². The van der Waals surface area contributed by atoms with Crippen molar-refractivity contribution in [3.05, 3.63) is 56.7 Å². The van der Waals surface area contributed by atoms with Crippen molar-refractivity contribution in [1.82, 2.24) is 9.55 Å². The third kappa shape index (κ3) is 3.28. The molecule has 0 amide bonds. The van der Waals surface area contributed by atoms with Crippen molar-refractivity contribution in [1.29, 1.82) is 0 Å². The van der Waals surface area contributed by atoms with Crippen LogP contribution in [0.2, 0.25) is 0 Å². The molecule has 21 heavy (non-hydrogen) atoms. The molecule has 6 heteroatoms. The minimum Gasteiger partial charge on any atom is -0.356 e. The highest BCUT2D eigenvalue weighted by molar-refractivity contribution is 7.99. The zero-order valence-electron chi connectivity index (χ0n) is 11.5. The van der Waals surface area contributed by atoms with E-state index in [4.69, 9.17) is 17.0 Å². The van der Waals surface area contributed by atoms with Gasteiger partial charge in [-0.15, -0.1) is 11.8 Å². The summed E-state index contributed by atoms with van der Waals surface area (Å²) in [6.45, 7) is 0.744. The molecule has 1 N–H and O–H groups in total. The lowest BCUT2D eigenvalue weighted by molar-refractivity contribution is 0.0582. The second-order valence-electron chi connectivity index (χ2n) is 4.88. The average Bonchev–Trinajstić information content (AvgIpc) is 2.51. The van der Waals surface area contributed by atoms with Crippen LogP contribution in [0.5, 0.6) is 0 Å². The standard InChI is InChI=1S/C15H16N2O2S2/c18-15-16-14(20)13-12(7-4-8-21-13)17(15)10-19-9-11-5-2-1-3-6-11/h1-3,5-6H,4,7-10H2,(H,16,18,20). The molecule has 4 nitrogen and oxygen atoms in total. The van der Waals surface area contributed by atoms with Crippen LogP contribution in [-0.2, 0) is 24.5 Å². The molecule has 0 radical (unpaired) electrons. The molecule has 0 aliphatic carbocycles. The minimum absolute atomic E-state index is 0.186. The summed E-state index contributed by atoms with van der Waals surface area (Å²) in [5.41, 5.74) is 1.92. The van der Waals surface area contributed by atoms with Crippen molar-refractivity contribution in [2.45, 2.75) is 31.1 Å². The number of rotatable bonds is 4. The molecular formula is C15H16N2O2S2. The number of nitrogens with one attached hydrogen (secondary N) is 1. The monoisotopic (exact) mass is 320 g/mol. The van der Waals surface area contributed by atoms with Gasteiger partial charge in [-0.3, -0.25) is 9.55 Å². The fourth-order valence-corrected chi connectivity index (χ4v) is 3.81. The van der Waals surface area contributed by atoms with E-state index in [-0.39, 0.29) is 12.4 Å². The van der Waals surface area contributed by atoms with Crippen molar-refractivity contribution >= 4 is 24.0 Å². The lowest BCUT2D eigenvalue weighted by Crippen LogP contribution is -2.29. The van der Waals surface area contributed by atoms with Gasteiger partial charge >= 0.3 is 5.69 Å². The smallest absolute Gasteiger partial charge is 0.328 e. The Hall–Kier alpha value is -1.37. The van der Waals surface area contributed by atoms with Gasteiger partial charge in [-0.1, -0.05) is 42.5 Å². The van der Waals surface area contributed by atoms with Crippen LogP contribution in [-0.4, -0.2) is 15.3 Å². The van der Waals surface area contributed by atoms with Crippen LogP contribution in [0.4, 0.5) is 0 Å². The maximum Gasteiger partial charge on any atom is 0.328 e. The average molecular weight is 320 g/mol. The summed E-state index contributed by atoms with van der Waals surface area (Å²) in [5.74, 6) is 1.05. The fraction of sp³-hybridized carbons (Fsp3) is 0.333. The molecule has 0 spiro atoms. The molecule has 0 fully saturated rings. The SMILES string of the molecule is O=c1[nH]c(=S)c2c(n1COCc1ccccc1)CCCS2. The summed E-state index contributed by atoms with van der Waals surface area (Å²) >= 11 is 6.96. The third-order valence-electron chi connectivity index (χ3n) is 3.40. The Morgan fingerprint density at radius 3 is 2.95 bits per heavy atom. The van der Waals surface area contributed by atoms with Gasteiger partial charge in [0.05, 0.1) is 11.5 Å². The van der Waals surface area contributed by atoms with Crippen LogP contribution in [0.25, 0.3) is 0 Å². The van der Waals surface area contributed by atoms with E-state index in [0.29, 0.717) is 11.2 Å². The van der Waals surface area contributed by atoms with Crippen LogP contribution in [0, 0.1) is 4.64 Å². The van der Waals surface area contributed by atoms with Gasteiger partial charge in [0.1, 0.15) is 11.4 Å². The van der Waals surface area contributed by atoms with Gasteiger partial charge in [0, 0.05) is 5.69 Å². The second-order valence-corrected chi connectivity index (χ2v) is 6.39. The normalized spacial score (nSPS) is 13.9. The van der Waals surface area contributed by atoms with E-state index in [1.165, 1.54) is 0 Å². The highest BCUT2D eigenvalue weighted by Gasteiger charge is 2.17.